The summed E-state index contributed by atoms with van der Waals surface area (Å²) in [4.78, 5) is 0. The molecule has 0 saturated heterocycles. The van der Waals surface area contributed by atoms with E-state index in [-0.39, 0.29) is 0 Å². The van der Waals surface area contributed by atoms with Crippen molar-refractivity contribution in [3.63, 3.8) is 0 Å². The molecule has 1 aromatic carbocycles. The van der Waals surface area contributed by atoms with Crippen LogP contribution in [0.2, 0.25) is 0 Å². The molecule has 1 aliphatic rings. The van der Waals surface area contributed by atoms with Crippen LogP contribution in [0.15, 0.2) is 24.3 Å². The van der Waals surface area contributed by atoms with Crippen molar-refractivity contribution in [2.45, 2.75) is 44.5 Å². The van der Waals surface area contributed by atoms with E-state index in [2.05, 4.69) is 36.5 Å². The van der Waals surface area contributed by atoms with Crippen LogP contribution in [0, 0.1) is 12.8 Å². The van der Waals surface area contributed by atoms with Crippen LogP contribution < -0.4 is 5.32 Å². The number of aryl methyl sites for hydroxylation is 1. The minimum Gasteiger partial charge on any atom is -0.312 e. The highest BCUT2D eigenvalue weighted by atomic mass is 35.5. The van der Waals surface area contributed by atoms with Crippen LogP contribution in [0.5, 0.6) is 0 Å². The van der Waals surface area contributed by atoms with Crippen LogP contribution in [0.3, 0.4) is 0 Å². The van der Waals surface area contributed by atoms with Crippen molar-refractivity contribution in [2.24, 2.45) is 5.92 Å². The zero-order valence-electron chi connectivity index (χ0n) is 10.6. The fourth-order valence-corrected chi connectivity index (χ4v) is 2.96. The second kappa shape index (κ2) is 6.42. The summed E-state index contributed by atoms with van der Waals surface area (Å²) >= 11 is 6.36. The second-order valence-corrected chi connectivity index (χ2v) is 5.68. The van der Waals surface area contributed by atoms with Crippen molar-refractivity contribution in [1.29, 1.82) is 0 Å². The summed E-state index contributed by atoms with van der Waals surface area (Å²) in [6.45, 7) is 4.19. The number of rotatable bonds is 4. The van der Waals surface area contributed by atoms with Crippen molar-refractivity contribution < 1.29 is 0 Å². The van der Waals surface area contributed by atoms with E-state index in [9.17, 15) is 0 Å². The number of hydrogen-bond donors (Lipinski definition) is 1. The molecule has 0 amide bonds. The van der Waals surface area contributed by atoms with Gasteiger partial charge in [-0.1, -0.05) is 37.1 Å². The van der Waals surface area contributed by atoms with Crippen molar-refractivity contribution in [3.05, 3.63) is 35.4 Å². The molecule has 2 heteroatoms. The first kappa shape index (κ1) is 12.9. The molecular formula is C15H22ClN. The smallest absolute Gasteiger partial charge is 0.0376 e. The quantitative estimate of drug-likeness (QED) is 0.801. The molecule has 94 valence electrons. The first-order valence-corrected chi connectivity index (χ1v) is 7.10. The molecule has 0 heterocycles. The molecular weight excluding hydrogens is 230 g/mol. The molecule has 1 aliphatic carbocycles. The third kappa shape index (κ3) is 3.72. The third-order valence-electron chi connectivity index (χ3n) is 3.80. The van der Waals surface area contributed by atoms with Crippen molar-refractivity contribution >= 4 is 11.6 Å². The van der Waals surface area contributed by atoms with Gasteiger partial charge in [-0.15, -0.1) is 11.6 Å². The lowest BCUT2D eigenvalue weighted by Gasteiger charge is -2.27. The van der Waals surface area contributed by atoms with Gasteiger partial charge in [0, 0.05) is 11.9 Å². The van der Waals surface area contributed by atoms with Gasteiger partial charge in [-0.25, -0.2) is 0 Å². The lowest BCUT2D eigenvalue weighted by Crippen LogP contribution is -2.31. The van der Waals surface area contributed by atoms with E-state index in [1.54, 1.807) is 0 Å². The summed E-state index contributed by atoms with van der Waals surface area (Å²) in [5.74, 6) is 0.662. The minimum atomic E-state index is 0.383. The van der Waals surface area contributed by atoms with Gasteiger partial charge in [-0.05, 0) is 43.4 Å². The molecule has 1 N–H and O–H groups in total. The summed E-state index contributed by atoms with van der Waals surface area (Å²) in [6, 6.07) is 8.56. The lowest BCUT2D eigenvalue weighted by atomic mass is 9.88. The van der Waals surface area contributed by atoms with Gasteiger partial charge in [0.15, 0.2) is 0 Å². The highest BCUT2D eigenvalue weighted by molar-refractivity contribution is 6.20. The zero-order valence-corrected chi connectivity index (χ0v) is 11.3. The van der Waals surface area contributed by atoms with Gasteiger partial charge in [-0.3, -0.25) is 0 Å². The van der Waals surface area contributed by atoms with Gasteiger partial charge in [0.05, 0.1) is 0 Å². The van der Waals surface area contributed by atoms with E-state index in [0.29, 0.717) is 11.3 Å². The standard InChI is InChI=1S/C15H22ClN/c1-12-6-2-3-7-13(12)10-17-11-14-8-4-5-9-15(14)16/h2-3,6-7,14-15,17H,4-5,8-11H2,1H3. The van der Waals surface area contributed by atoms with E-state index >= 15 is 0 Å². The largest absolute Gasteiger partial charge is 0.312 e. The molecule has 2 rings (SSSR count). The lowest BCUT2D eigenvalue weighted by molar-refractivity contribution is 0.348. The monoisotopic (exact) mass is 251 g/mol. The topological polar surface area (TPSA) is 12.0 Å². The zero-order chi connectivity index (χ0) is 12.1. The van der Waals surface area contributed by atoms with Crippen LogP contribution in [-0.2, 0) is 6.54 Å². The van der Waals surface area contributed by atoms with Gasteiger partial charge >= 0.3 is 0 Å². The fourth-order valence-electron chi connectivity index (χ4n) is 2.59. The van der Waals surface area contributed by atoms with E-state index in [1.165, 1.54) is 36.8 Å². The van der Waals surface area contributed by atoms with Crippen LogP contribution >= 0.6 is 11.6 Å². The molecule has 1 aromatic rings. The van der Waals surface area contributed by atoms with Crippen LogP contribution in [0.4, 0.5) is 0 Å². The molecule has 0 aliphatic heterocycles. The van der Waals surface area contributed by atoms with Crippen LogP contribution in [-0.4, -0.2) is 11.9 Å². The van der Waals surface area contributed by atoms with E-state index < -0.39 is 0 Å². The summed E-state index contributed by atoms with van der Waals surface area (Å²) in [7, 11) is 0. The molecule has 0 bridgehead atoms. The Bertz CT molecular complexity index is 351. The SMILES string of the molecule is Cc1ccccc1CNCC1CCCCC1Cl. The maximum Gasteiger partial charge on any atom is 0.0376 e. The van der Waals surface area contributed by atoms with E-state index in [4.69, 9.17) is 11.6 Å². The van der Waals surface area contributed by atoms with Gasteiger partial charge < -0.3 is 5.32 Å². The Balaban J connectivity index is 1.77. The summed E-state index contributed by atoms with van der Waals surface area (Å²) in [5, 5.41) is 3.94. The first-order valence-electron chi connectivity index (χ1n) is 6.66. The predicted molar refractivity (Wildman–Crippen MR) is 74.5 cm³/mol. The molecule has 1 fully saturated rings. The molecule has 0 radical (unpaired) electrons. The fraction of sp³-hybridized carbons (Fsp3) is 0.600. The number of hydrogen-bond acceptors (Lipinski definition) is 1. The highest BCUT2D eigenvalue weighted by Crippen LogP contribution is 2.28. The number of nitrogens with one attached hydrogen (secondary N) is 1. The first-order chi connectivity index (χ1) is 8.27. The van der Waals surface area contributed by atoms with E-state index in [1.807, 2.05) is 0 Å². The normalized spacial score (nSPS) is 24.8. The van der Waals surface area contributed by atoms with Gasteiger partial charge in [0.2, 0.25) is 0 Å². The molecule has 1 saturated carbocycles. The Hall–Kier alpha value is -0.530. The van der Waals surface area contributed by atoms with Gasteiger partial charge in [0.25, 0.3) is 0 Å². The summed E-state index contributed by atoms with van der Waals surface area (Å²) in [5.41, 5.74) is 2.76. The molecule has 2 unspecified atom stereocenters. The minimum absolute atomic E-state index is 0.383. The Morgan fingerprint density at radius 3 is 2.76 bits per heavy atom. The average molecular weight is 252 g/mol. The van der Waals surface area contributed by atoms with Gasteiger partial charge in [-0.2, -0.15) is 0 Å². The third-order valence-corrected chi connectivity index (χ3v) is 4.37. The molecule has 2 atom stereocenters. The Kier molecular flexibility index (Phi) is 4.87. The van der Waals surface area contributed by atoms with Crippen molar-refractivity contribution in [2.75, 3.05) is 6.54 Å². The highest BCUT2D eigenvalue weighted by Gasteiger charge is 2.22. The summed E-state index contributed by atoms with van der Waals surface area (Å²) < 4.78 is 0. The predicted octanol–water partition coefficient (Wildman–Crippen LogP) is 3.88. The van der Waals surface area contributed by atoms with E-state index in [0.717, 1.165) is 13.1 Å². The molecule has 0 spiro atoms. The second-order valence-electron chi connectivity index (χ2n) is 5.12. The number of benzene rings is 1. The Morgan fingerprint density at radius 1 is 1.24 bits per heavy atom. The molecule has 17 heavy (non-hydrogen) atoms. The number of halogens is 1. The molecule has 1 nitrogen and oxygen atoms in total. The number of alkyl halides is 1. The molecule has 0 aromatic heterocycles. The Morgan fingerprint density at radius 2 is 2.00 bits per heavy atom. The summed E-state index contributed by atoms with van der Waals surface area (Å²) in [6.07, 6.45) is 5.13. The van der Waals surface area contributed by atoms with Crippen LogP contribution in [0.25, 0.3) is 0 Å². The van der Waals surface area contributed by atoms with Gasteiger partial charge in [0.1, 0.15) is 0 Å². The van der Waals surface area contributed by atoms with Crippen LogP contribution in [0.1, 0.15) is 36.8 Å². The van der Waals surface area contributed by atoms with Crippen molar-refractivity contribution in [1.82, 2.24) is 5.32 Å². The van der Waals surface area contributed by atoms with Crippen molar-refractivity contribution in [3.8, 4) is 0 Å². The average Bonchev–Trinajstić information content (AvgIpc) is 2.34. The maximum atomic E-state index is 6.36. The Labute approximate surface area is 110 Å². The maximum absolute atomic E-state index is 6.36.